The Kier molecular flexibility index (Phi) is 3.02. The smallest absolute Gasteiger partial charge is 0.0991 e. The van der Waals surface area contributed by atoms with Crippen LogP contribution >= 0.6 is 11.8 Å². The van der Waals surface area contributed by atoms with Crippen LogP contribution in [0.1, 0.15) is 11.1 Å². The Morgan fingerprint density at radius 3 is 2.63 bits per heavy atom. The molecule has 2 nitrogen and oxygen atoms in total. The van der Waals surface area contributed by atoms with Crippen LogP contribution in [-0.4, -0.2) is 4.98 Å². The largest absolute Gasteiger partial charge is 0.360 e. The minimum atomic E-state index is 0.692. The Labute approximate surface area is 116 Å². The molecule has 0 aliphatic carbocycles. The second kappa shape index (κ2) is 4.83. The van der Waals surface area contributed by atoms with Crippen molar-refractivity contribution in [3.63, 3.8) is 0 Å². The number of aromatic amines is 1. The molecule has 92 valence electrons. The molecule has 1 N–H and O–H groups in total. The number of nitriles is 1. The number of H-pyrrole nitrogens is 1. The van der Waals surface area contributed by atoms with Gasteiger partial charge in [-0.25, -0.2) is 0 Å². The van der Waals surface area contributed by atoms with Gasteiger partial charge in [0.15, 0.2) is 0 Å². The molecule has 0 amide bonds. The van der Waals surface area contributed by atoms with Crippen LogP contribution in [0, 0.1) is 18.3 Å². The van der Waals surface area contributed by atoms with Crippen molar-refractivity contribution in [2.75, 3.05) is 0 Å². The van der Waals surface area contributed by atoms with Gasteiger partial charge in [-0.05, 0) is 37.3 Å². The molecule has 0 radical (unpaired) electrons. The fourth-order valence-electron chi connectivity index (χ4n) is 1.98. The fourth-order valence-corrected chi connectivity index (χ4v) is 2.91. The molecular formula is C16H12N2S. The molecule has 19 heavy (non-hydrogen) atoms. The summed E-state index contributed by atoms with van der Waals surface area (Å²) in [4.78, 5) is 5.59. The molecule has 0 saturated carbocycles. The molecule has 3 aromatic rings. The maximum atomic E-state index is 8.98. The van der Waals surface area contributed by atoms with E-state index in [2.05, 4.69) is 42.2 Å². The molecule has 0 bridgehead atoms. The third-order valence-corrected chi connectivity index (χ3v) is 4.09. The van der Waals surface area contributed by atoms with E-state index in [0.717, 1.165) is 15.8 Å². The molecule has 2 aromatic carbocycles. The summed E-state index contributed by atoms with van der Waals surface area (Å²) in [5, 5.41) is 10.1. The molecular weight excluding hydrogens is 252 g/mol. The average molecular weight is 264 g/mol. The van der Waals surface area contributed by atoms with Crippen LogP contribution in [0.15, 0.2) is 58.5 Å². The van der Waals surface area contributed by atoms with Crippen molar-refractivity contribution in [2.45, 2.75) is 16.7 Å². The van der Waals surface area contributed by atoms with Gasteiger partial charge in [-0.3, -0.25) is 0 Å². The quantitative estimate of drug-likeness (QED) is 0.740. The summed E-state index contributed by atoms with van der Waals surface area (Å²) in [7, 11) is 0. The molecule has 0 spiro atoms. The predicted octanol–water partition coefficient (Wildman–Crippen LogP) is 4.50. The van der Waals surface area contributed by atoms with Gasteiger partial charge in [-0.15, -0.1) is 0 Å². The van der Waals surface area contributed by atoms with E-state index in [9.17, 15) is 0 Å². The van der Waals surface area contributed by atoms with Crippen LogP contribution in [0.3, 0.4) is 0 Å². The summed E-state index contributed by atoms with van der Waals surface area (Å²) in [6, 6.07) is 16.4. The van der Waals surface area contributed by atoms with Gasteiger partial charge in [0, 0.05) is 26.9 Å². The number of hydrogen-bond acceptors (Lipinski definition) is 2. The van der Waals surface area contributed by atoms with Gasteiger partial charge in [0.2, 0.25) is 0 Å². The molecule has 3 heteroatoms. The van der Waals surface area contributed by atoms with E-state index in [4.69, 9.17) is 5.26 Å². The minimum absolute atomic E-state index is 0.692. The molecule has 0 unspecified atom stereocenters. The normalized spacial score (nSPS) is 10.5. The SMILES string of the molecule is Cc1ccc(Sc2c[nH]c3ccc(C#N)cc23)cc1. The first-order chi connectivity index (χ1) is 9.26. The summed E-state index contributed by atoms with van der Waals surface area (Å²) in [6.45, 7) is 2.08. The van der Waals surface area contributed by atoms with Crippen molar-refractivity contribution >= 4 is 22.7 Å². The van der Waals surface area contributed by atoms with E-state index in [1.165, 1.54) is 10.5 Å². The molecule has 0 atom stereocenters. The van der Waals surface area contributed by atoms with Crippen molar-refractivity contribution in [3.05, 3.63) is 59.8 Å². The molecule has 0 aliphatic heterocycles. The highest BCUT2D eigenvalue weighted by molar-refractivity contribution is 7.99. The Morgan fingerprint density at radius 2 is 1.89 bits per heavy atom. The number of fused-ring (bicyclic) bond motifs is 1. The Morgan fingerprint density at radius 1 is 1.11 bits per heavy atom. The van der Waals surface area contributed by atoms with E-state index in [0.29, 0.717) is 5.56 Å². The van der Waals surface area contributed by atoms with Crippen molar-refractivity contribution in [3.8, 4) is 6.07 Å². The number of rotatable bonds is 2. The van der Waals surface area contributed by atoms with Gasteiger partial charge in [0.1, 0.15) is 0 Å². The third-order valence-electron chi connectivity index (χ3n) is 3.02. The first-order valence-corrected chi connectivity index (χ1v) is 6.84. The van der Waals surface area contributed by atoms with E-state index in [1.54, 1.807) is 11.8 Å². The zero-order chi connectivity index (χ0) is 13.2. The highest BCUT2D eigenvalue weighted by Crippen LogP contribution is 2.34. The van der Waals surface area contributed by atoms with E-state index < -0.39 is 0 Å². The van der Waals surface area contributed by atoms with E-state index in [-0.39, 0.29) is 0 Å². The molecule has 1 aromatic heterocycles. The van der Waals surface area contributed by atoms with Crippen molar-refractivity contribution in [1.82, 2.24) is 4.98 Å². The molecule has 1 heterocycles. The zero-order valence-corrected chi connectivity index (χ0v) is 11.3. The Balaban J connectivity index is 2.01. The summed E-state index contributed by atoms with van der Waals surface area (Å²) in [5.41, 5.74) is 3.02. The van der Waals surface area contributed by atoms with Gasteiger partial charge in [-0.1, -0.05) is 29.5 Å². The summed E-state index contributed by atoms with van der Waals surface area (Å²) < 4.78 is 0. The van der Waals surface area contributed by atoms with Gasteiger partial charge in [0.25, 0.3) is 0 Å². The lowest BCUT2D eigenvalue weighted by Crippen LogP contribution is -1.76. The second-order valence-corrected chi connectivity index (χ2v) is 5.56. The van der Waals surface area contributed by atoms with Crippen LogP contribution in [0.4, 0.5) is 0 Å². The average Bonchev–Trinajstić information content (AvgIpc) is 2.84. The van der Waals surface area contributed by atoms with E-state index in [1.807, 2.05) is 24.4 Å². The lowest BCUT2D eigenvalue weighted by atomic mass is 10.2. The lowest BCUT2D eigenvalue weighted by Gasteiger charge is -2.01. The van der Waals surface area contributed by atoms with Gasteiger partial charge in [-0.2, -0.15) is 5.26 Å². The van der Waals surface area contributed by atoms with Gasteiger partial charge >= 0.3 is 0 Å². The van der Waals surface area contributed by atoms with Crippen molar-refractivity contribution in [2.24, 2.45) is 0 Å². The number of hydrogen-bond donors (Lipinski definition) is 1. The van der Waals surface area contributed by atoms with Crippen molar-refractivity contribution < 1.29 is 0 Å². The minimum Gasteiger partial charge on any atom is -0.360 e. The predicted molar refractivity (Wildman–Crippen MR) is 78.3 cm³/mol. The number of nitrogens with zero attached hydrogens (tertiary/aromatic N) is 1. The Hall–Kier alpha value is -2.18. The van der Waals surface area contributed by atoms with Crippen LogP contribution in [0.5, 0.6) is 0 Å². The summed E-state index contributed by atoms with van der Waals surface area (Å²) in [6.07, 6.45) is 2.00. The fraction of sp³-hybridized carbons (Fsp3) is 0.0625. The van der Waals surface area contributed by atoms with Crippen LogP contribution in [-0.2, 0) is 0 Å². The first kappa shape index (κ1) is 11.9. The summed E-state index contributed by atoms with van der Waals surface area (Å²) in [5.74, 6) is 0. The monoisotopic (exact) mass is 264 g/mol. The topological polar surface area (TPSA) is 39.6 Å². The van der Waals surface area contributed by atoms with E-state index >= 15 is 0 Å². The highest BCUT2D eigenvalue weighted by Gasteiger charge is 2.06. The zero-order valence-electron chi connectivity index (χ0n) is 10.5. The van der Waals surface area contributed by atoms with Crippen LogP contribution in [0.25, 0.3) is 10.9 Å². The third kappa shape index (κ3) is 2.35. The van der Waals surface area contributed by atoms with Crippen LogP contribution in [0.2, 0.25) is 0 Å². The molecule has 0 saturated heterocycles. The number of aromatic nitrogens is 1. The molecule has 0 fully saturated rings. The standard InChI is InChI=1S/C16H12N2S/c1-11-2-5-13(6-3-11)19-16-10-18-15-7-4-12(9-17)8-14(15)16/h2-8,10,18H,1H3. The highest BCUT2D eigenvalue weighted by atomic mass is 32.2. The molecule has 3 rings (SSSR count). The number of benzene rings is 2. The van der Waals surface area contributed by atoms with Crippen molar-refractivity contribution in [1.29, 1.82) is 5.26 Å². The maximum Gasteiger partial charge on any atom is 0.0991 e. The number of aryl methyl sites for hydroxylation is 1. The second-order valence-electron chi connectivity index (χ2n) is 4.44. The Bertz CT molecular complexity index is 764. The van der Waals surface area contributed by atoms with Gasteiger partial charge in [0.05, 0.1) is 11.6 Å². The summed E-state index contributed by atoms with van der Waals surface area (Å²) >= 11 is 1.71. The first-order valence-electron chi connectivity index (χ1n) is 6.02. The van der Waals surface area contributed by atoms with Gasteiger partial charge < -0.3 is 4.98 Å². The maximum absolute atomic E-state index is 8.98. The molecule has 0 aliphatic rings. The lowest BCUT2D eigenvalue weighted by molar-refractivity contribution is 1.36. The van der Waals surface area contributed by atoms with Crippen LogP contribution < -0.4 is 0 Å². The number of nitrogens with one attached hydrogen (secondary N) is 1.